The zero-order chi connectivity index (χ0) is 14.2. The average Bonchev–Trinajstić information content (AvgIpc) is 2.46. The molecule has 1 aromatic heterocycles. The van der Waals surface area contributed by atoms with E-state index < -0.39 is 5.54 Å². The van der Waals surface area contributed by atoms with Gasteiger partial charge in [0, 0.05) is 16.6 Å². The summed E-state index contributed by atoms with van der Waals surface area (Å²) in [6, 6.07) is 9.83. The summed E-state index contributed by atoms with van der Waals surface area (Å²) in [6.45, 7) is 4.92. The number of piperidine rings is 1. The summed E-state index contributed by atoms with van der Waals surface area (Å²) < 4.78 is 0. The number of aryl methyl sites for hydroxylation is 1. The van der Waals surface area contributed by atoms with E-state index in [0.717, 1.165) is 48.0 Å². The van der Waals surface area contributed by atoms with E-state index in [9.17, 15) is 4.79 Å². The Morgan fingerprint density at radius 1 is 1.25 bits per heavy atom. The van der Waals surface area contributed by atoms with Gasteiger partial charge < -0.3 is 5.32 Å². The molecule has 0 spiro atoms. The molecule has 0 radical (unpaired) electrons. The van der Waals surface area contributed by atoms with Gasteiger partial charge in [-0.15, -0.1) is 0 Å². The fourth-order valence-electron chi connectivity index (χ4n) is 2.94. The highest BCUT2D eigenvalue weighted by molar-refractivity contribution is 6.05. The maximum absolute atomic E-state index is 12.7. The van der Waals surface area contributed by atoms with Crippen molar-refractivity contribution in [2.24, 2.45) is 0 Å². The minimum Gasteiger partial charge on any atom is -0.305 e. The van der Waals surface area contributed by atoms with Crippen molar-refractivity contribution in [3.8, 4) is 0 Å². The highest BCUT2D eigenvalue weighted by atomic mass is 16.1. The number of aromatic nitrogens is 1. The van der Waals surface area contributed by atoms with Gasteiger partial charge in [-0.3, -0.25) is 9.78 Å². The van der Waals surface area contributed by atoms with Crippen LogP contribution in [0.25, 0.3) is 10.9 Å². The van der Waals surface area contributed by atoms with Crippen LogP contribution in [0.1, 0.15) is 42.2 Å². The highest BCUT2D eigenvalue weighted by Gasteiger charge is 2.34. The Labute approximate surface area is 119 Å². The number of ketones is 1. The topological polar surface area (TPSA) is 42.0 Å². The van der Waals surface area contributed by atoms with Gasteiger partial charge in [-0.1, -0.05) is 6.07 Å². The lowest BCUT2D eigenvalue weighted by Crippen LogP contribution is -2.52. The lowest BCUT2D eigenvalue weighted by atomic mass is 9.83. The molecule has 1 atom stereocenters. The summed E-state index contributed by atoms with van der Waals surface area (Å²) in [4.78, 5) is 17.2. The van der Waals surface area contributed by atoms with Gasteiger partial charge in [0.1, 0.15) is 0 Å². The number of nitrogens with one attached hydrogen (secondary N) is 1. The zero-order valence-corrected chi connectivity index (χ0v) is 12.1. The van der Waals surface area contributed by atoms with E-state index in [1.807, 2.05) is 44.2 Å². The second-order valence-corrected chi connectivity index (χ2v) is 5.91. The van der Waals surface area contributed by atoms with Gasteiger partial charge in [-0.2, -0.15) is 0 Å². The molecule has 1 N–H and O–H groups in total. The molecule has 3 rings (SSSR count). The van der Waals surface area contributed by atoms with Crippen LogP contribution in [-0.4, -0.2) is 22.9 Å². The Morgan fingerprint density at radius 2 is 2.10 bits per heavy atom. The van der Waals surface area contributed by atoms with Crippen LogP contribution < -0.4 is 5.32 Å². The SMILES string of the molecule is Cc1ccc2cc(C(=O)C3(C)CCCCN3)ccc2n1. The number of hydrogen-bond acceptors (Lipinski definition) is 3. The zero-order valence-electron chi connectivity index (χ0n) is 12.1. The second kappa shape index (κ2) is 4.98. The summed E-state index contributed by atoms with van der Waals surface area (Å²) in [5.74, 6) is 0.194. The van der Waals surface area contributed by atoms with Gasteiger partial charge in [0.15, 0.2) is 5.78 Å². The molecule has 0 saturated carbocycles. The standard InChI is InChI=1S/C17H20N2O/c1-12-5-6-13-11-14(7-8-15(13)19-12)16(20)17(2)9-3-4-10-18-17/h5-8,11,18H,3-4,9-10H2,1-2H3. The van der Waals surface area contributed by atoms with E-state index in [0.29, 0.717) is 0 Å². The Morgan fingerprint density at radius 3 is 2.85 bits per heavy atom. The molecular weight excluding hydrogens is 248 g/mol. The number of rotatable bonds is 2. The van der Waals surface area contributed by atoms with Crippen molar-refractivity contribution in [2.45, 2.75) is 38.6 Å². The summed E-state index contributed by atoms with van der Waals surface area (Å²) in [6.07, 6.45) is 3.18. The Balaban J connectivity index is 1.97. The smallest absolute Gasteiger partial charge is 0.182 e. The molecule has 0 aliphatic carbocycles. The van der Waals surface area contributed by atoms with Gasteiger partial charge in [0.2, 0.25) is 0 Å². The molecule has 1 saturated heterocycles. The van der Waals surface area contributed by atoms with Gasteiger partial charge in [0.25, 0.3) is 0 Å². The Hall–Kier alpha value is -1.74. The summed E-state index contributed by atoms with van der Waals surface area (Å²) in [7, 11) is 0. The van der Waals surface area contributed by atoms with E-state index in [1.54, 1.807) is 0 Å². The first-order valence-corrected chi connectivity index (χ1v) is 7.26. The second-order valence-electron chi connectivity index (χ2n) is 5.91. The summed E-state index contributed by atoms with van der Waals surface area (Å²) in [5, 5.41) is 4.41. The average molecular weight is 268 g/mol. The molecular formula is C17H20N2O. The molecule has 0 bridgehead atoms. The molecule has 1 aliphatic heterocycles. The summed E-state index contributed by atoms with van der Waals surface area (Å²) in [5.41, 5.74) is 2.31. The van der Waals surface area contributed by atoms with Crippen molar-refractivity contribution in [2.75, 3.05) is 6.54 Å². The van der Waals surface area contributed by atoms with Crippen LogP contribution in [0.2, 0.25) is 0 Å². The van der Waals surface area contributed by atoms with Crippen LogP contribution in [0.15, 0.2) is 30.3 Å². The number of fused-ring (bicyclic) bond motifs is 1. The number of Topliss-reactive ketones (excluding diaryl/α,β-unsaturated/α-hetero) is 1. The maximum Gasteiger partial charge on any atom is 0.182 e. The number of benzene rings is 1. The van der Waals surface area contributed by atoms with Crippen LogP contribution in [0.4, 0.5) is 0 Å². The first-order chi connectivity index (χ1) is 9.58. The Bertz CT molecular complexity index is 657. The normalized spacial score (nSPS) is 22.9. The van der Waals surface area contributed by atoms with E-state index in [1.165, 1.54) is 0 Å². The lowest BCUT2D eigenvalue weighted by molar-refractivity contribution is 0.0835. The number of carbonyl (C=O) groups excluding carboxylic acids is 1. The first-order valence-electron chi connectivity index (χ1n) is 7.26. The number of pyridine rings is 1. The van der Waals surface area contributed by atoms with Gasteiger partial charge >= 0.3 is 0 Å². The van der Waals surface area contributed by atoms with Crippen molar-refractivity contribution >= 4 is 16.7 Å². The van der Waals surface area contributed by atoms with Gasteiger partial charge in [0.05, 0.1) is 11.1 Å². The molecule has 3 nitrogen and oxygen atoms in total. The van der Waals surface area contributed by atoms with E-state index in [4.69, 9.17) is 0 Å². The predicted molar refractivity (Wildman–Crippen MR) is 81.1 cm³/mol. The highest BCUT2D eigenvalue weighted by Crippen LogP contribution is 2.25. The van der Waals surface area contributed by atoms with E-state index in [-0.39, 0.29) is 5.78 Å². The molecule has 1 aromatic carbocycles. The fraction of sp³-hybridized carbons (Fsp3) is 0.412. The van der Waals surface area contributed by atoms with E-state index >= 15 is 0 Å². The molecule has 104 valence electrons. The molecule has 0 amide bonds. The third kappa shape index (κ3) is 2.34. The Kier molecular flexibility index (Phi) is 3.30. The van der Waals surface area contributed by atoms with Crippen LogP contribution >= 0.6 is 0 Å². The molecule has 2 aromatic rings. The molecule has 20 heavy (non-hydrogen) atoms. The van der Waals surface area contributed by atoms with Crippen molar-refractivity contribution in [3.63, 3.8) is 0 Å². The van der Waals surface area contributed by atoms with Crippen molar-refractivity contribution in [3.05, 3.63) is 41.6 Å². The van der Waals surface area contributed by atoms with Crippen LogP contribution in [0.3, 0.4) is 0 Å². The van der Waals surface area contributed by atoms with Crippen molar-refractivity contribution in [1.29, 1.82) is 0 Å². The molecule has 2 heterocycles. The van der Waals surface area contributed by atoms with Gasteiger partial charge in [-0.05, 0) is 63.9 Å². The van der Waals surface area contributed by atoms with Crippen molar-refractivity contribution < 1.29 is 4.79 Å². The maximum atomic E-state index is 12.7. The van der Waals surface area contributed by atoms with Crippen molar-refractivity contribution in [1.82, 2.24) is 10.3 Å². The largest absolute Gasteiger partial charge is 0.305 e. The van der Waals surface area contributed by atoms with Gasteiger partial charge in [-0.25, -0.2) is 0 Å². The molecule has 1 unspecified atom stereocenters. The number of nitrogens with zero attached hydrogens (tertiary/aromatic N) is 1. The molecule has 1 fully saturated rings. The number of carbonyl (C=O) groups is 1. The van der Waals surface area contributed by atoms with E-state index in [2.05, 4.69) is 10.3 Å². The minimum atomic E-state index is -0.413. The third-order valence-corrected chi connectivity index (χ3v) is 4.21. The molecule has 3 heteroatoms. The van der Waals surface area contributed by atoms with Crippen LogP contribution in [0.5, 0.6) is 0 Å². The quantitative estimate of drug-likeness (QED) is 0.850. The lowest BCUT2D eigenvalue weighted by Gasteiger charge is -2.33. The molecule has 1 aliphatic rings. The van der Waals surface area contributed by atoms with Crippen LogP contribution in [-0.2, 0) is 0 Å². The summed E-state index contributed by atoms with van der Waals surface area (Å²) >= 11 is 0. The monoisotopic (exact) mass is 268 g/mol. The van der Waals surface area contributed by atoms with Crippen LogP contribution in [0, 0.1) is 6.92 Å². The predicted octanol–water partition coefficient (Wildman–Crippen LogP) is 3.26. The first kappa shape index (κ1) is 13.3. The number of hydrogen-bond donors (Lipinski definition) is 1. The third-order valence-electron chi connectivity index (χ3n) is 4.21. The minimum absolute atomic E-state index is 0.194. The fourth-order valence-corrected chi connectivity index (χ4v) is 2.94.